The third-order valence-electron chi connectivity index (χ3n) is 5.06. The highest BCUT2D eigenvalue weighted by Gasteiger charge is 2.15. The zero-order valence-corrected chi connectivity index (χ0v) is 19.5. The Bertz CT molecular complexity index is 1160. The van der Waals surface area contributed by atoms with Gasteiger partial charge in [-0.15, -0.1) is 0 Å². The van der Waals surface area contributed by atoms with Gasteiger partial charge in [0.2, 0.25) is 0 Å². The van der Waals surface area contributed by atoms with E-state index in [0.29, 0.717) is 23.7 Å². The second kappa shape index (κ2) is 11.3. The fraction of sp³-hybridized carbons (Fsp3) is 0.192. The molecule has 0 aliphatic rings. The van der Waals surface area contributed by atoms with Crippen molar-refractivity contribution in [3.05, 3.63) is 101 Å². The van der Waals surface area contributed by atoms with Gasteiger partial charge in [-0.1, -0.05) is 62.4 Å². The number of hydrogen-bond acceptors (Lipinski definition) is 4. The van der Waals surface area contributed by atoms with Crippen LogP contribution in [0.4, 0.5) is 11.4 Å². The number of rotatable bonds is 10. The zero-order valence-electron chi connectivity index (χ0n) is 18.7. The van der Waals surface area contributed by atoms with Crippen molar-refractivity contribution in [3.63, 3.8) is 0 Å². The van der Waals surface area contributed by atoms with Crippen LogP contribution in [0.25, 0.3) is 6.08 Å². The summed E-state index contributed by atoms with van der Waals surface area (Å²) in [6.45, 7) is 4.66. The number of para-hydroxylation sites is 1. The van der Waals surface area contributed by atoms with Gasteiger partial charge in [0.15, 0.2) is 0 Å². The third kappa shape index (κ3) is 7.80. The molecular weight excluding hydrogens is 434 g/mol. The van der Waals surface area contributed by atoms with Gasteiger partial charge in [-0.3, -0.25) is 9.52 Å². The molecule has 0 unspecified atom stereocenters. The molecule has 0 aromatic heterocycles. The maximum Gasteiger partial charge on any atom is 0.255 e. The summed E-state index contributed by atoms with van der Waals surface area (Å²) in [5.41, 5.74) is 2.63. The lowest BCUT2D eigenvalue weighted by Gasteiger charge is -2.24. The van der Waals surface area contributed by atoms with Crippen LogP contribution in [-0.4, -0.2) is 26.9 Å². The lowest BCUT2D eigenvalue weighted by Crippen LogP contribution is -2.39. The minimum Gasteiger partial charge on any atom is -0.380 e. The van der Waals surface area contributed by atoms with Gasteiger partial charge in [0.25, 0.3) is 15.9 Å². The highest BCUT2D eigenvalue weighted by molar-refractivity contribution is 7.95. The molecule has 3 aromatic rings. The minimum atomic E-state index is -3.67. The number of carbonyl (C=O) groups excluding carboxylic acids is 1. The standard InChI is InChI=1S/C26H29N3O3S/c1-20(2)25(28-23-11-7-4-8-12-23)19-27-26(30)22-13-15-24(16-14-22)29-33(31,32)18-17-21-9-5-3-6-10-21/h3-18,20,25,28-29H,19H2,1-2H3,(H,27,30)/b18-17+/t25-/m0/s1. The molecule has 0 radical (unpaired) electrons. The Hall–Kier alpha value is -3.58. The second-order valence-electron chi connectivity index (χ2n) is 8.01. The van der Waals surface area contributed by atoms with Crippen LogP contribution < -0.4 is 15.4 Å². The van der Waals surface area contributed by atoms with Crippen LogP contribution in [0, 0.1) is 5.92 Å². The first kappa shape index (κ1) is 24.1. The molecule has 0 aliphatic carbocycles. The first-order chi connectivity index (χ1) is 15.8. The number of carbonyl (C=O) groups is 1. The van der Waals surface area contributed by atoms with Crippen molar-refractivity contribution in [1.29, 1.82) is 0 Å². The summed E-state index contributed by atoms with van der Waals surface area (Å²) >= 11 is 0. The van der Waals surface area contributed by atoms with E-state index in [9.17, 15) is 13.2 Å². The van der Waals surface area contributed by atoms with Crippen LogP contribution in [0.2, 0.25) is 0 Å². The van der Waals surface area contributed by atoms with E-state index in [1.807, 2.05) is 60.7 Å². The van der Waals surface area contributed by atoms with E-state index in [-0.39, 0.29) is 11.9 Å². The lowest BCUT2D eigenvalue weighted by molar-refractivity contribution is 0.0950. The Morgan fingerprint density at radius 2 is 1.45 bits per heavy atom. The molecule has 6 nitrogen and oxygen atoms in total. The van der Waals surface area contributed by atoms with Crippen molar-refractivity contribution in [2.24, 2.45) is 5.92 Å². The number of hydrogen-bond donors (Lipinski definition) is 3. The number of sulfonamides is 1. The molecule has 1 atom stereocenters. The van der Waals surface area contributed by atoms with Gasteiger partial charge in [-0.05, 0) is 54.0 Å². The molecular formula is C26H29N3O3S. The normalized spacial score (nSPS) is 12.5. The molecule has 0 saturated heterocycles. The van der Waals surface area contributed by atoms with Gasteiger partial charge in [0, 0.05) is 29.5 Å². The second-order valence-corrected chi connectivity index (χ2v) is 9.58. The maximum absolute atomic E-state index is 12.6. The molecule has 3 N–H and O–H groups in total. The summed E-state index contributed by atoms with van der Waals surface area (Å²) in [7, 11) is -3.67. The van der Waals surface area contributed by atoms with Crippen LogP contribution in [0.1, 0.15) is 29.8 Å². The molecule has 0 aliphatic heterocycles. The maximum atomic E-state index is 12.6. The Morgan fingerprint density at radius 1 is 0.848 bits per heavy atom. The molecule has 3 rings (SSSR count). The third-order valence-corrected chi connectivity index (χ3v) is 6.07. The van der Waals surface area contributed by atoms with E-state index in [4.69, 9.17) is 0 Å². The van der Waals surface area contributed by atoms with E-state index in [1.165, 1.54) is 6.08 Å². The summed E-state index contributed by atoms with van der Waals surface area (Å²) < 4.78 is 27.1. The molecule has 1 amide bonds. The van der Waals surface area contributed by atoms with Crippen LogP contribution in [0.15, 0.2) is 90.3 Å². The Morgan fingerprint density at radius 3 is 2.06 bits per heavy atom. The number of nitrogens with one attached hydrogen (secondary N) is 3. The van der Waals surface area contributed by atoms with E-state index in [0.717, 1.165) is 16.7 Å². The van der Waals surface area contributed by atoms with Crippen LogP contribution in [0.5, 0.6) is 0 Å². The smallest absolute Gasteiger partial charge is 0.255 e. The fourth-order valence-corrected chi connectivity index (χ4v) is 4.00. The number of amides is 1. The summed E-state index contributed by atoms with van der Waals surface area (Å²) in [5, 5.41) is 7.52. The van der Waals surface area contributed by atoms with Crippen molar-refractivity contribution in [2.45, 2.75) is 19.9 Å². The quantitative estimate of drug-likeness (QED) is 0.396. The summed E-state index contributed by atoms with van der Waals surface area (Å²) in [4.78, 5) is 12.6. The van der Waals surface area contributed by atoms with Crippen molar-refractivity contribution in [1.82, 2.24) is 5.32 Å². The summed E-state index contributed by atoms with van der Waals surface area (Å²) in [5.74, 6) is 0.0973. The molecule has 3 aromatic carbocycles. The Kier molecular flexibility index (Phi) is 8.27. The van der Waals surface area contributed by atoms with Gasteiger partial charge in [0.1, 0.15) is 0 Å². The van der Waals surface area contributed by atoms with Crippen LogP contribution in [0.3, 0.4) is 0 Å². The summed E-state index contributed by atoms with van der Waals surface area (Å²) in [6, 6.07) is 25.5. The van der Waals surface area contributed by atoms with Gasteiger partial charge >= 0.3 is 0 Å². The Labute approximate surface area is 195 Å². The van der Waals surface area contributed by atoms with Gasteiger partial charge in [-0.25, -0.2) is 8.42 Å². The van der Waals surface area contributed by atoms with Gasteiger partial charge in [-0.2, -0.15) is 0 Å². The molecule has 0 saturated carbocycles. The average Bonchev–Trinajstić information content (AvgIpc) is 2.82. The molecule has 172 valence electrons. The number of anilines is 2. The molecule has 33 heavy (non-hydrogen) atoms. The van der Waals surface area contributed by atoms with E-state index in [2.05, 4.69) is 29.2 Å². The minimum absolute atomic E-state index is 0.0684. The average molecular weight is 464 g/mol. The monoisotopic (exact) mass is 463 g/mol. The van der Waals surface area contributed by atoms with Crippen LogP contribution >= 0.6 is 0 Å². The van der Waals surface area contributed by atoms with Crippen molar-refractivity contribution in [3.8, 4) is 0 Å². The first-order valence-corrected chi connectivity index (χ1v) is 12.3. The molecule has 0 fully saturated rings. The fourth-order valence-electron chi connectivity index (χ4n) is 3.13. The Balaban J connectivity index is 1.56. The predicted octanol–water partition coefficient (Wildman–Crippen LogP) is 4.97. The van der Waals surface area contributed by atoms with Crippen molar-refractivity contribution >= 4 is 33.4 Å². The molecule has 0 heterocycles. The van der Waals surface area contributed by atoms with Gasteiger partial charge < -0.3 is 10.6 Å². The lowest BCUT2D eigenvalue weighted by atomic mass is 10.0. The largest absolute Gasteiger partial charge is 0.380 e. The van der Waals surface area contributed by atoms with Crippen molar-refractivity contribution in [2.75, 3.05) is 16.6 Å². The predicted molar refractivity (Wildman–Crippen MR) is 135 cm³/mol. The molecule has 7 heteroatoms. The first-order valence-electron chi connectivity index (χ1n) is 10.8. The van der Waals surface area contributed by atoms with Crippen LogP contribution in [-0.2, 0) is 10.0 Å². The summed E-state index contributed by atoms with van der Waals surface area (Å²) in [6.07, 6.45) is 1.53. The number of benzene rings is 3. The van der Waals surface area contributed by atoms with E-state index in [1.54, 1.807) is 24.3 Å². The van der Waals surface area contributed by atoms with Gasteiger partial charge in [0.05, 0.1) is 5.41 Å². The zero-order chi connectivity index (χ0) is 23.7. The van der Waals surface area contributed by atoms with E-state index < -0.39 is 10.0 Å². The SMILES string of the molecule is CC(C)[C@H](CNC(=O)c1ccc(NS(=O)(=O)/C=C/c2ccccc2)cc1)Nc1ccccc1. The topological polar surface area (TPSA) is 87.3 Å². The molecule has 0 bridgehead atoms. The highest BCUT2D eigenvalue weighted by atomic mass is 32.2. The molecule has 0 spiro atoms. The van der Waals surface area contributed by atoms with Crippen molar-refractivity contribution < 1.29 is 13.2 Å². The highest BCUT2D eigenvalue weighted by Crippen LogP contribution is 2.14. The van der Waals surface area contributed by atoms with E-state index >= 15 is 0 Å².